The highest BCUT2D eigenvalue weighted by molar-refractivity contribution is 6.29. The molecule has 5 nitrogen and oxygen atoms in total. The average Bonchev–Trinajstić information content (AvgIpc) is 2.37. The molecule has 0 aliphatic rings. The Hall–Kier alpha value is -2.14. The second-order valence-electron chi connectivity index (χ2n) is 3.59. The summed E-state index contributed by atoms with van der Waals surface area (Å²) in [5.74, 6) is -0.553. The quantitative estimate of drug-likeness (QED) is 0.824. The second-order valence-corrected chi connectivity index (χ2v) is 3.98. The van der Waals surface area contributed by atoms with E-state index in [1.165, 1.54) is 6.20 Å². The Labute approximate surface area is 109 Å². The van der Waals surface area contributed by atoms with Crippen molar-refractivity contribution in [3.8, 4) is 0 Å². The molecule has 0 aliphatic heterocycles. The highest BCUT2D eigenvalue weighted by Gasteiger charge is 2.09. The predicted molar refractivity (Wildman–Crippen MR) is 69.3 cm³/mol. The van der Waals surface area contributed by atoms with Crippen LogP contribution in [-0.4, -0.2) is 15.9 Å². The van der Waals surface area contributed by atoms with Crippen LogP contribution >= 0.6 is 11.6 Å². The Balaban J connectivity index is 2.18. The summed E-state index contributed by atoms with van der Waals surface area (Å²) in [4.78, 5) is 19.2. The summed E-state index contributed by atoms with van der Waals surface area (Å²) < 4.78 is 0. The second kappa shape index (κ2) is 5.46. The number of hydrogen-bond acceptors (Lipinski definition) is 4. The van der Waals surface area contributed by atoms with Gasteiger partial charge in [0.05, 0.1) is 23.5 Å². The Bertz CT molecular complexity index is 559. The van der Waals surface area contributed by atoms with Crippen LogP contribution in [0.5, 0.6) is 0 Å². The van der Waals surface area contributed by atoms with Crippen molar-refractivity contribution in [3.05, 3.63) is 53.1 Å². The fourth-order valence-electron chi connectivity index (χ4n) is 1.46. The summed E-state index contributed by atoms with van der Waals surface area (Å²) in [6.45, 7) is 0.474. The van der Waals surface area contributed by atoms with Gasteiger partial charge in [-0.2, -0.15) is 0 Å². The van der Waals surface area contributed by atoms with Crippen LogP contribution in [0.2, 0.25) is 5.15 Å². The third-order valence-electron chi connectivity index (χ3n) is 2.32. The van der Waals surface area contributed by atoms with Gasteiger partial charge in [0, 0.05) is 12.4 Å². The summed E-state index contributed by atoms with van der Waals surface area (Å²) in [5, 5.41) is 3.36. The number of nitrogens with zero attached hydrogens (tertiary/aromatic N) is 2. The van der Waals surface area contributed by atoms with E-state index in [1.54, 1.807) is 12.3 Å². The first kappa shape index (κ1) is 12.3. The normalized spacial score (nSPS) is 10.1. The lowest BCUT2D eigenvalue weighted by atomic mass is 10.2. The summed E-state index contributed by atoms with van der Waals surface area (Å²) in [5.41, 5.74) is 6.95. The van der Waals surface area contributed by atoms with E-state index < -0.39 is 5.91 Å². The molecule has 92 valence electrons. The number of anilines is 1. The first-order chi connectivity index (χ1) is 8.66. The van der Waals surface area contributed by atoms with Crippen LogP contribution < -0.4 is 11.1 Å². The minimum atomic E-state index is -0.553. The number of halogens is 1. The third-order valence-corrected chi connectivity index (χ3v) is 2.53. The number of pyridine rings is 2. The summed E-state index contributed by atoms with van der Waals surface area (Å²) in [7, 11) is 0. The van der Waals surface area contributed by atoms with Gasteiger partial charge in [0.25, 0.3) is 5.91 Å². The van der Waals surface area contributed by atoms with Crippen molar-refractivity contribution in [3.63, 3.8) is 0 Å². The molecule has 0 aromatic carbocycles. The van der Waals surface area contributed by atoms with Gasteiger partial charge in [-0.3, -0.25) is 9.78 Å². The predicted octanol–water partition coefficient (Wildman–Crippen LogP) is 1.84. The van der Waals surface area contributed by atoms with Crippen LogP contribution in [0.3, 0.4) is 0 Å². The van der Waals surface area contributed by atoms with Gasteiger partial charge in [-0.15, -0.1) is 0 Å². The molecular weight excluding hydrogens is 252 g/mol. The number of primary amides is 1. The van der Waals surface area contributed by atoms with Crippen molar-refractivity contribution in [2.75, 3.05) is 5.32 Å². The fraction of sp³-hybridized carbons (Fsp3) is 0.0833. The molecule has 18 heavy (non-hydrogen) atoms. The van der Waals surface area contributed by atoms with Crippen molar-refractivity contribution in [2.24, 2.45) is 5.73 Å². The standard InChI is InChI=1S/C12H11ClN4O/c13-11-5-10(9(7-17-11)12(14)18)16-6-8-3-1-2-4-15-8/h1-5,7H,6H2,(H2,14,18)(H,16,17). The van der Waals surface area contributed by atoms with Gasteiger partial charge in [0.2, 0.25) is 0 Å². The molecule has 3 N–H and O–H groups in total. The minimum absolute atomic E-state index is 0.295. The molecule has 0 spiro atoms. The smallest absolute Gasteiger partial charge is 0.252 e. The maximum Gasteiger partial charge on any atom is 0.252 e. The van der Waals surface area contributed by atoms with E-state index in [4.69, 9.17) is 17.3 Å². The molecule has 2 aromatic rings. The Morgan fingerprint density at radius 3 is 2.89 bits per heavy atom. The van der Waals surface area contributed by atoms with Crippen LogP contribution in [0.25, 0.3) is 0 Å². The lowest BCUT2D eigenvalue weighted by Gasteiger charge is -2.09. The van der Waals surface area contributed by atoms with Crippen molar-refractivity contribution in [2.45, 2.75) is 6.54 Å². The van der Waals surface area contributed by atoms with Crippen LogP contribution in [-0.2, 0) is 6.54 Å². The molecule has 0 radical (unpaired) electrons. The van der Waals surface area contributed by atoms with E-state index >= 15 is 0 Å². The zero-order chi connectivity index (χ0) is 13.0. The molecule has 0 aliphatic carbocycles. The highest BCUT2D eigenvalue weighted by atomic mass is 35.5. The minimum Gasteiger partial charge on any atom is -0.379 e. The monoisotopic (exact) mass is 262 g/mol. The fourth-order valence-corrected chi connectivity index (χ4v) is 1.62. The number of amides is 1. The van der Waals surface area contributed by atoms with Crippen molar-refractivity contribution in [1.29, 1.82) is 0 Å². The molecule has 0 saturated carbocycles. The Morgan fingerprint density at radius 1 is 1.39 bits per heavy atom. The van der Waals surface area contributed by atoms with Gasteiger partial charge in [-0.25, -0.2) is 4.98 Å². The first-order valence-corrected chi connectivity index (χ1v) is 5.64. The van der Waals surface area contributed by atoms with E-state index in [0.717, 1.165) is 5.69 Å². The number of carbonyl (C=O) groups excluding carboxylic acids is 1. The Morgan fingerprint density at radius 2 is 2.22 bits per heavy atom. The van der Waals surface area contributed by atoms with Crippen molar-refractivity contribution < 1.29 is 4.79 Å². The lowest BCUT2D eigenvalue weighted by Crippen LogP contribution is -2.15. The number of hydrogen-bond donors (Lipinski definition) is 2. The van der Waals surface area contributed by atoms with E-state index in [9.17, 15) is 4.79 Å². The van der Waals surface area contributed by atoms with Gasteiger partial charge >= 0.3 is 0 Å². The zero-order valence-electron chi connectivity index (χ0n) is 9.43. The average molecular weight is 263 g/mol. The molecule has 0 fully saturated rings. The highest BCUT2D eigenvalue weighted by Crippen LogP contribution is 2.18. The van der Waals surface area contributed by atoms with E-state index in [-0.39, 0.29) is 0 Å². The maximum absolute atomic E-state index is 11.2. The number of nitrogens with one attached hydrogen (secondary N) is 1. The number of carbonyl (C=O) groups is 1. The number of nitrogens with two attached hydrogens (primary N) is 1. The van der Waals surface area contributed by atoms with E-state index in [1.807, 2.05) is 18.2 Å². The maximum atomic E-state index is 11.2. The van der Waals surface area contributed by atoms with Crippen molar-refractivity contribution >= 4 is 23.2 Å². The van der Waals surface area contributed by atoms with Gasteiger partial charge in [0.1, 0.15) is 5.15 Å². The molecular formula is C12H11ClN4O. The molecule has 0 bridgehead atoms. The molecule has 2 heterocycles. The van der Waals surface area contributed by atoms with Crippen molar-refractivity contribution in [1.82, 2.24) is 9.97 Å². The summed E-state index contributed by atoms with van der Waals surface area (Å²) in [6.07, 6.45) is 3.05. The molecule has 0 saturated heterocycles. The molecule has 1 amide bonds. The van der Waals surface area contributed by atoms with Gasteiger partial charge in [-0.1, -0.05) is 17.7 Å². The Kier molecular flexibility index (Phi) is 3.74. The lowest BCUT2D eigenvalue weighted by molar-refractivity contribution is 0.100. The zero-order valence-corrected chi connectivity index (χ0v) is 10.2. The topological polar surface area (TPSA) is 80.9 Å². The van der Waals surface area contributed by atoms with Crippen LogP contribution in [0.15, 0.2) is 36.7 Å². The SMILES string of the molecule is NC(=O)c1cnc(Cl)cc1NCc1ccccn1. The molecule has 0 atom stereocenters. The van der Waals surface area contributed by atoms with Crippen LogP contribution in [0, 0.1) is 0 Å². The summed E-state index contributed by atoms with van der Waals surface area (Å²) >= 11 is 5.78. The van der Waals surface area contributed by atoms with E-state index in [0.29, 0.717) is 22.9 Å². The van der Waals surface area contributed by atoms with Crippen LogP contribution in [0.4, 0.5) is 5.69 Å². The first-order valence-electron chi connectivity index (χ1n) is 5.26. The van der Waals surface area contributed by atoms with E-state index in [2.05, 4.69) is 15.3 Å². The largest absolute Gasteiger partial charge is 0.379 e. The molecule has 6 heteroatoms. The van der Waals surface area contributed by atoms with Gasteiger partial charge < -0.3 is 11.1 Å². The van der Waals surface area contributed by atoms with Crippen LogP contribution in [0.1, 0.15) is 16.1 Å². The number of aromatic nitrogens is 2. The number of rotatable bonds is 4. The van der Waals surface area contributed by atoms with Gasteiger partial charge in [0.15, 0.2) is 0 Å². The molecule has 2 aromatic heterocycles. The third kappa shape index (κ3) is 2.95. The molecule has 0 unspecified atom stereocenters. The van der Waals surface area contributed by atoms with Gasteiger partial charge in [-0.05, 0) is 18.2 Å². The summed E-state index contributed by atoms with van der Waals surface area (Å²) in [6, 6.07) is 7.16. The molecule has 2 rings (SSSR count).